The summed E-state index contributed by atoms with van der Waals surface area (Å²) in [6, 6.07) is 2.85. The Balaban J connectivity index is 3.22. The molecule has 6 heteroatoms. The van der Waals surface area contributed by atoms with Crippen LogP contribution in [0, 0.1) is 12.3 Å². The Morgan fingerprint density at radius 1 is 1.42 bits per heavy atom. The molecule has 0 unspecified atom stereocenters. The summed E-state index contributed by atoms with van der Waals surface area (Å²) < 4.78 is 38.5. The van der Waals surface area contributed by atoms with E-state index >= 15 is 0 Å². The molecule has 0 fully saturated rings. The second-order valence-electron chi connectivity index (χ2n) is 4.54. The number of halogens is 3. The third kappa shape index (κ3) is 3.89. The lowest BCUT2D eigenvalue weighted by molar-refractivity contribution is -0.137. The van der Waals surface area contributed by atoms with Gasteiger partial charge < -0.3 is 11.1 Å². The van der Waals surface area contributed by atoms with E-state index in [4.69, 9.17) is 11.1 Å². The van der Waals surface area contributed by atoms with Gasteiger partial charge in [0.1, 0.15) is 0 Å². The molecule has 0 spiro atoms. The van der Waals surface area contributed by atoms with Crippen LogP contribution in [-0.2, 0) is 6.18 Å². The van der Waals surface area contributed by atoms with Crippen LogP contribution >= 0.6 is 0 Å². The molecule has 0 aliphatic heterocycles. The molecule has 0 aliphatic rings. The number of Topliss-reactive ketones (excluding diaryl/α,β-unsaturated/α-hetero) is 1. The van der Waals surface area contributed by atoms with Crippen LogP contribution in [0.25, 0.3) is 0 Å². The van der Waals surface area contributed by atoms with Crippen molar-refractivity contribution in [3.63, 3.8) is 0 Å². The smallest absolute Gasteiger partial charge is 0.328 e. The van der Waals surface area contributed by atoms with Crippen molar-refractivity contribution in [2.24, 2.45) is 5.73 Å². The van der Waals surface area contributed by atoms with E-state index in [9.17, 15) is 18.0 Å². The zero-order valence-electron chi connectivity index (χ0n) is 10.6. The average Bonchev–Trinajstić information content (AvgIpc) is 2.25. The summed E-state index contributed by atoms with van der Waals surface area (Å²) in [6.45, 7) is 3.18. The average molecular weight is 272 g/mol. The van der Waals surface area contributed by atoms with Gasteiger partial charge in [0.15, 0.2) is 0 Å². The van der Waals surface area contributed by atoms with Gasteiger partial charge in [-0.25, -0.2) is 0 Å². The zero-order chi connectivity index (χ0) is 14.8. The minimum Gasteiger partial charge on any atom is -0.328 e. The summed E-state index contributed by atoms with van der Waals surface area (Å²) in [7, 11) is 0. The van der Waals surface area contributed by atoms with Gasteiger partial charge >= 0.3 is 6.18 Å². The van der Waals surface area contributed by atoms with Gasteiger partial charge in [0, 0.05) is 18.0 Å². The number of ketones is 1. The third-order valence-corrected chi connectivity index (χ3v) is 2.53. The van der Waals surface area contributed by atoms with E-state index in [1.807, 2.05) is 0 Å². The molecule has 1 atom stereocenters. The third-order valence-electron chi connectivity index (χ3n) is 2.53. The Bertz CT molecular complexity index is 507. The maximum atomic E-state index is 12.8. The van der Waals surface area contributed by atoms with Crippen LogP contribution < -0.4 is 5.73 Å². The van der Waals surface area contributed by atoms with Crippen molar-refractivity contribution >= 4 is 11.5 Å². The zero-order valence-corrected chi connectivity index (χ0v) is 10.6. The molecule has 1 aromatic carbocycles. The molecule has 0 radical (unpaired) electrons. The number of hydrogen-bond donors (Lipinski definition) is 2. The number of hydrogen-bond acceptors (Lipinski definition) is 3. The van der Waals surface area contributed by atoms with Gasteiger partial charge in [-0.3, -0.25) is 4.79 Å². The van der Waals surface area contributed by atoms with Gasteiger partial charge in [-0.05, 0) is 26.0 Å². The number of carbonyl (C=O) groups excluding carboxylic acids is 1. The van der Waals surface area contributed by atoms with E-state index in [0.717, 1.165) is 12.1 Å². The first-order valence-corrected chi connectivity index (χ1v) is 5.68. The van der Waals surface area contributed by atoms with Crippen LogP contribution in [0.15, 0.2) is 18.2 Å². The second-order valence-corrected chi connectivity index (χ2v) is 4.54. The number of alkyl halides is 3. The first kappa shape index (κ1) is 15.4. The lowest BCUT2D eigenvalue weighted by atomic mass is 9.96. The van der Waals surface area contributed by atoms with Crippen molar-refractivity contribution in [3.05, 3.63) is 34.9 Å². The van der Waals surface area contributed by atoms with E-state index in [-0.39, 0.29) is 6.42 Å². The van der Waals surface area contributed by atoms with E-state index in [1.165, 1.54) is 6.07 Å². The van der Waals surface area contributed by atoms with Crippen LogP contribution in [0.5, 0.6) is 0 Å². The van der Waals surface area contributed by atoms with Crippen LogP contribution in [0.3, 0.4) is 0 Å². The van der Waals surface area contributed by atoms with E-state index in [0.29, 0.717) is 5.56 Å². The van der Waals surface area contributed by atoms with Crippen molar-refractivity contribution in [3.8, 4) is 0 Å². The molecule has 1 rings (SSSR count). The van der Waals surface area contributed by atoms with Crippen molar-refractivity contribution < 1.29 is 18.0 Å². The van der Waals surface area contributed by atoms with E-state index in [1.54, 1.807) is 13.8 Å². The van der Waals surface area contributed by atoms with E-state index < -0.39 is 34.8 Å². The topological polar surface area (TPSA) is 66.9 Å². The predicted octanol–water partition coefficient (Wildman–Crippen LogP) is 2.95. The summed E-state index contributed by atoms with van der Waals surface area (Å²) >= 11 is 0. The molecular formula is C13H15F3N2O. The van der Waals surface area contributed by atoms with Crippen molar-refractivity contribution in [2.45, 2.75) is 32.5 Å². The maximum absolute atomic E-state index is 12.8. The molecule has 0 saturated carbocycles. The fourth-order valence-corrected chi connectivity index (χ4v) is 1.67. The molecule has 0 aliphatic carbocycles. The van der Waals surface area contributed by atoms with Crippen molar-refractivity contribution in [2.75, 3.05) is 0 Å². The molecule has 3 nitrogen and oxygen atoms in total. The fraction of sp³-hybridized carbons (Fsp3) is 0.385. The lowest BCUT2D eigenvalue weighted by Crippen LogP contribution is -2.26. The Morgan fingerprint density at radius 2 is 2.00 bits per heavy atom. The number of nitrogens with one attached hydrogen (secondary N) is 1. The van der Waals surface area contributed by atoms with Crippen LogP contribution in [0.2, 0.25) is 0 Å². The largest absolute Gasteiger partial charge is 0.417 e. The second kappa shape index (κ2) is 5.52. The van der Waals surface area contributed by atoms with Gasteiger partial charge in [0.25, 0.3) is 0 Å². The number of aryl methyl sites for hydroxylation is 1. The summed E-state index contributed by atoms with van der Waals surface area (Å²) in [5.41, 5.74) is 4.06. The first-order chi connectivity index (χ1) is 8.62. The highest BCUT2D eigenvalue weighted by Crippen LogP contribution is 2.32. The molecule has 0 amide bonds. The molecule has 1 aromatic rings. The number of rotatable bonds is 4. The van der Waals surface area contributed by atoms with Gasteiger partial charge in [0.05, 0.1) is 11.3 Å². The quantitative estimate of drug-likeness (QED) is 0.653. The molecule has 0 aromatic heterocycles. The summed E-state index contributed by atoms with van der Waals surface area (Å²) in [6.07, 6.45) is -4.67. The molecule has 0 bridgehead atoms. The van der Waals surface area contributed by atoms with Gasteiger partial charge in [-0.15, -0.1) is 0 Å². The summed E-state index contributed by atoms with van der Waals surface area (Å²) in [4.78, 5) is 11.9. The normalized spacial score (nSPS) is 13.2. The number of nitrogens with two attached hydrogens (primary N) is 1. The lowest BCUT2D eigenvalue weighted by Gasteiger charge is -2.13. The highest BCUT2D eigenvalue weighted by molar-refractivity contribution is 6.45. The van der Waals surface area contributed by atoms with Crippen molar-refractivity contribution in [1.82, 2.24) is 0 Å². The predicted molar refractivity (Wildman–Crippen MR) is 66.5 cm³/mol. The highest BCUT2D eigenvalue weighted by atomic mass is 19.4. The van der Waals surface area contributed by atoms with Gasteiger partial charge in [0.2, 0.25) is 5.78 Å². The molecule has 19 heavy (non-hydrogen) atoms. The molecule has 0 saturated heterocycles. The molecule has 3 N–H and O–H groups in total. The SMILES string of the molecule is Cc1ccc(C(F)(F)F)c(C(=O)C(=N)C[C@@H](C)N)c1. The Labute approximate surface area is 109 Å². The highest BCUT2D eigenvalue weighted by Gasteiger charge is 2.35. The first-order valence-electron chi connectivity index (χ1n) is 5.68. The summed E-state index contributed by atoms with van der Waals surface area (Å²) in [5.74, 6) is -0.923. The minimum atomic E-state index is -4.62. The van der Waals surface area contributed by atoms with Crippen molar-refractivity contribution in [1.29, 1.82) is 5.41 Å². The Hall–Kier alpha value is -1.69. The maximum Gasteiger partial charge on any atom is 0.417 e. The van der Waals surface area contributed by atoms with Gasteiger partial charge in [-0.1, -0.05) is 11.6 Å². The molecule has 0 heterocycles. The number of benzene rings is 1. The minimum absolute atomic E-state index is 0.0515. The molecular weight excluding hydrogens is 257 g/mol. The van der Waals surface area contributed by atoms with Crippen LogP contribution in [0.4, 0.5) is 13.2 Å². The van der Waals surface area contributed by atoms with Crippen LogP contribution in [0.1, 0.15) is 34.8 Å². The Kier molecular flexibility index (Phi) is 4.47. The van der Waals surface area contributed by atoms with E-state index in [2.05, 4.69) is 0 Å². The van der Waals surface area contributed by atoms with Crippen LogP contribution in [-0.4, -0.2) is 17.5 Å². The standard InChI is InChI=1S/C13H15F3N2O/c1-7-3-4-10(13(14,15)16)9(5-7)12(19)11(18)6-8(2)17/h3-5,8,18H,6,17H2,1-2H3/t8-/m1/s1. The fourth-order valence-electron chi connectivity index (χ4n) is 1.67. The number of carbonyl (C=O) groups is 1. The van der Waals surface area contributed by atoms with Gasteiger partial charge in [-0.2, -0.15) is 13.2 Å². The Morgan fingerprint density at radius 3 is 2.47 bits per heavy atom. The summed E-state index contributed by atoms with van der Waals surface area (Å²) in [5, 5.41) is 7.54. The monoisotopic (exact) mass is 272 g/mol. The molecule has 104 valence electrons.